The fourth-order valence-corrected chi connectivity index (χ4v) is 4.51. The first-order chi connectivity index (χ1) is 15.0. The Morgan fingerprint density at radius 3 is 2.48 bits per heavy atom. The number of hydrogen-bond acceptors (Lipinski definition) is 4. The molecule has 2 aliphatic rings. The molecule has 4 rings (SSSR count). The molecule has 0 spiro atoms. The Bertz CT molecular complexity index is 897. The largest absolute Gasteiger partial charge is 0.490 e. The summed E-state index contributed by atoms with van der Waals surface area (Å²) in [5.74, 6) is 1.86. The van der Waals surface area contributed by atoms with Gasteiger partial charge < -0.3 is 24.2 Å². The van der Waals surface area contributed by atoms with E-state index in [4.69, 9.17) is 9.47 Å². The molecule has 166 valence electrons. The van der Waals surface area contributed by atoms with Crippen molar-refractivity contribution >= 4 is 11.6 Å². The molecule has 6 heteroatoms. The van der Waals surface area contributed by atoms with Crippen molar-refractivity contribution in [3.8, 4) is 11.5 Å². The van der Waals surface area contributed by atoms with Crippen LogP contribution in [0.25, 0.3) is 0 Å². The van der Waals surface area contributed by atoms with E-state index in [9.17, 15) is 4.79 Å². The third kappa shape index (κ3) is 5.13. The van der Waals surface area contributed by atoms with Crippen molar-refractivity contribution in [2.45, 2.75) is 31.8 Å². The first-order valence-electron chi connectivity index (χ1n) is 11.3. The summed E-state index contributed by atoms with van der Waals surface area (Å²) in [6.45, 7) is 3.57. The Balaban J connectivity index is 1.38. The number of likely N-dealkylation sites (N-methyl/N-ethyl adjacent to an activating group) is 1. The predicted molar refractivity (Wildman–Crippen MR) is 122 cm³/mol. The van der Waals surface area contributed by atoms with E-state index in [1.165, 1.54) is 10.5 Å². The topological polar surface area (TPSA) is 46.5 Å². The summed E-state index contributed by atoms with van der Waals surface area (Å²) in [6, 6.07) is 15.0. The third-order valence-electron chi connectivity index (χ3n) is 6.33. The molecule has 6 nitrogen and oxygen atoms in total. The minimum atomic E-state index is 0.188. The highest BCUT2D eigenvalue weighted by atomic mass is 16.5. The van der Waals surface area contributed by atoms with Gasteiger partial charge in [-0.05, 0) is 35.9 Å². The van der Waals surface area contributed by atoms with Crippen LogP contribution in [0.2, 0.25) is 0 Å². The van der Waals surface area contributed by atoms with E-state index >= 15 is 0 Å². The summed E-state index contributed by atoms with van der Waals surface area (Å²) < 4.78 is 11.7. The highest BCUT2D eigenvalue weighted by molar-refractivity contribution is 5.76. The predicted octanol–water partition coefficient (Wildman–Crippen LogP) is 2.29. The Labute approximate surface area is 185 Å². The number of nitrogens with one attached hydrogen (secondary N) is 1. The van der Waals surface area contributed by atoms with Crippen molar-refractivity contribution in [3.05, 3.63) is 53.6 Å². The number of carbonyl (C=O) groups is 1. The van der Waals surface area contributed by atoms with Crippen LogP contribution >= 0.6 is 0 Å². The zero-order chi connectivity index (χ0) is 21.8. The van der Waals surface area contributed by atoms with E-state index in [1.807, 2.05) is 32.1 Å². The van der Waals surface area contributed by atoms with Crippen LogP contribution in [-0.2, 0) is 11.3 Å². The van der Waals surface area contributed by atoms with E-state index in [1.54, 1.807) is 0 Å². The molecule has 1 fully saturated rings. The molecule has 1 saturated heterocycles. The van der Waals surface area contributed by atoms with Gasteiger partial charge in [0.1, 0.15) is 6.04 Å². The van der Waals surface area contributed by atoms with Gasteiger partial charge >= 0.3 is 0 Å². The van der Waals surface area contributed by atoms with Crippen LogP contribution in [0.5, 0.6) is 11.5 Å². The van der Waals surface area contributed by atoms with Gasteiger partial charge in [-0.1, -0.05) is 12.1 Å². The molecule has 2 aromatic rings. The zero-order valence-corrected chi connectivity index (χ0v) is 18.9. The van der Waals surface area contributed by atoms with Gasteiger partial charge in [0.2, 0.25) is 0 Å². The lowest BCUT2D eigenvalue weighted by atomic mass is 10.0. The molecule has 2 aromatic carbocycles. The van der Waals surface area contributed by atoms with E-state index in [0.717, 1.165) is 48.6 Å². The van der Waals surface area contributed by atoms with Gasteiger partial charge in [0.05, 0.1) is 19.8 Å². The minimum Gasteiger partial charge on any atom is -0.490 e. The number of rotatable bonds is 6. The second-order valence-electron chi connectivity index (χ2n) is 8.85. The summed E-state index contributed by atoms with van der Waals surface area (Å²) in [4.78, 5) is 18.3. The molecule has 2 atom stereocenters. The average Bonchev–Trinajstić information content (AvgIpc) is 3.09. The summed E-state index contributed by atoms with van der Waals surface area (Å²) in [6.07, 6.45) is 3.14. The summed E-state index contributed by atoms with van der Waals surface area (Å²) in [5.41, 5.74) is 3.56. The van der Waals surface area contributed by atoms with Gasteiger partial charge in [0.25, 0.3) is 5.91 Å². The maximum Gasteiger partial charge on any atom is 0.277 e. The zero-order valence-electron chi connectivity index (χ0n) is 18.9. The van der Waals surface area contributed by atoms with Crippen LogP contribution in [0.3, 0.4) is 0 Å². The maximum absolute atomic E-state index is 13.0. The molecule has 31 heavy (non-hydrogen) atoms. The number of benzene rings is 2. The second kappa shape index (κ2) is 9.60. The molecular formula is C25H34N3O3+. The lowest BCUT2D eigenvalue weighted by Gasteiger charge is -2.25. The number of hydrogen-bond donors (Lipinski definition) is 1. The first-order valence-corrected chi connectivity index (χ1v) is 11.3. The van der Waals surface area contributed by atoms with Crippen molar-refractivity contribution in [2.24, 2.45) is 0 Å². The van der Waals surface area contributed by atoms with Crippen molar-refractivity contribution in [2.75, 3.05) is 52.3 Å². The van der Waals surface area contributed by atoms with Crippen molar-refractivity contribution < 1.29 is 19.2 Å². The van der Waals surface area contributed by atoms with Crippen LogP contribution in [0.15, 0.2) is 42.5 Å². The Morgan fingerprint density at radius 2 is 1.74 bits per heavy atom. The number of likely N-dealkylation sites (tertiary alicyclic amines) is 1. The van der Waals surface area contributed by atoms with Crippen molar-refractivity contribution in [1.82, 2.24) is 4.90 Å². The van der Waals surface area contributed by atoms with E-state index in [-0.39, 0.29) is 5.91 Å². The lowest BCUT2D eigenvalue weighted by Crippen LogP contribution is -3.11. The highest BCUT2D eigenvalue weighted by Crippen LogP contribution is 2.33. The average molecular weight is 425 g/mol. The molecule has 1 N–H and O–H groups in total. The van der Waals surface area contributed by atoms with E-state index < -0.39 is 0 Å². The summed E-state index contributed by atoms with van der Waals surface area (Å²) in [7, 11) is 5.96. The smallest absolute Gasteiger partial charge is 0.277 e. The Morgan fingerprint density at radius 1 is 1.00 bits per heavy atom. The molecule has 1 unspecified atom stereocenters. The third-order valence-corrected chi connectivity index (χ3v) is 6.33. The highest BCUT2D eigenvalue weighted by Gasteiger charge is 2.33. The van der Waals surface area contributed by atoms with Gasteiger partial charge in [-0.3, -0.25) is 4.79 Å². The molecule has 0 bridgehead atoms. The molecule has 1 amide bonds. The minimum absolute atomic E-state index is 0.188. The van der Waals surface area contributed by atoms with Crippen molar-refractivity contribution in [3.63, 3.8) is 0 Å². The SMILES string of the molecule is CN(Cc1ccc(N(C)C)cc1)C(=O)C[NH+]1CCC[C@H]1c1ccc2c(c1)OCCCO2. The van der Waals surface area contributed by atoms with Crippen LogP contribution in [0, 0.1) is 0 Å². The fourth-order valence-electron chi connectivity index (χ4n) is 4.51. The van der Waals surface area contributed by atoms with Crippen LogP contribution in [-0.4, -0.2) is 58.3 Å². The molecular weight excluding hydrogens is 390 g/mol. The van der Waals surface area contributed by atoms with Crippen LogP contribution in [0.4, 0.5) is 5.69 Å². The van der Waals surface area contributed by atoms with E-state index in [2.05, 4.69) is 41.3 Å². The lowest BCUT2D eigenvalue weighted by molar-refractivity contribution is -0.910. The van der Waals surface area contributed by atoms with Crippen molar-refractivity contribution in [1.29, 1.82) is 0 Å². The standard InChI is InChI=1S/C25H33N3O3/c1-26(2)21-10-7-19(8-11-21)17-27(3)25(29)18-28-13-4-6-22(28)20-9-12-23-24(16-20)31-15-5-14-30-23/h7-12,16,22H,4-6,13-15,17-18H2,1-3H3/p+1/t22-/m0/s1. The monoisotopic (exact) mass is 424 g/mol. The summed E-state index contributed by atoms with van der Waals surface area (Å²) >= 11 is 0. The molecule has 2 heterocycles. The number of anilines is 1. The van der Waals surface area contributed by atoms with Crippen LogP contribution in [0.1, 0.15) is 36.4 Å². The second-order valence-corrected chi connectivity index (χ2v) is 8.85. The number of carbonyl (C=O) groups excluding carboxylic acids is 1. The number of quaternary nitrogens is 1. The maximum atomic E-state index is 13.0. The quantitative estimate of drug-likeness (QED) is 0.773. The normalized spacial score (nSPS) is 20.2. The van der Waals surface area contributed by atoms with Gasteiger partial charge in [-0.2, -0.15) is 0 Å². The Hall–Kier alpha value is -2.73. The van der Waals surface area contributed by atoms with Crippen LogP contribution < -0.4 is 19.3 Å². The number of ether oxygens (including phenoxy) is 2. The molecule has 0 aliphatic carbocycles. The number of fused-ring (bicyclic) bond motifs is 1. The van der Waals surface area contributed by atoms with Gasteiger partial charge in [0.15, 0.2) is 18.0 Å². The van der Waals surface area contributed by atoms with Gasteiger partial charge in [0, 0.05) is 58.2 Å². The van der Waals surface area contributed by atoms with Gasteiger partial charge in [-0.25, -0.2) is 0 Å². The Kier molecular flexibility index (Phi) is 6.66. The molecule has 0 aromatic heterocycles. The summed E-state index contributed by atoms with van der Waals surface area (Å²) in [5, 5.41) is 0. The molecule has 0 saturated carbocycles. The molecule has 0 radical (unpaired) electrons. The van der Waals surface area contributed by atoms with Gasteiger partial charge in [-0.15, -0.1) is 0 Å². The van der Waals surface area contributed by atoms with E-state index in [0.29, 0.717) is 32.3 Å². The molecule has 2 aliphatic heterocycles. The number of amides is 1. The first kappa shape index (κ1) is 21.5. The number of nitrogens with zero attached hydrogens (tertiary/aromatic N) is 2. The fraction of sp³-hybridized carbons (Fsp3) is 0.480.